The van der Waals surface area contributed by atoms with Crippen molar-refractivity contribution in [2.24, 2.45) is 0 Å². The van der Waals surface area contributed by atoms with Crippen molar-refractivity contribution >= 4 is 49.8 Å². The summed E-state index contributed by atoms with van der Waals surface area (Å²) in [6.45, 7) is 14.4. The molecule has 0 aliphatic heterocycles. The first-order chi connectivity index (χ1) is 7.02. The monoisotopic (exact) mass is 408 g/mol. The van der Waals surface area contributed by atoms with E-state index in [1.165, 1.54) is 25.2 Å². The van der Waals surface area contributed by atoms with Crippen LogP contribution in [0.25, 0.3) is 0 Å². The van der Waals surface area contributed by atoms with Gasteiger partial charge in [-0.15, -0.1) is 34.0 Å². The number of hydrogen-bond acceptors (Lipinski definition) is 0. The molecular weight excluding hydrogens is 378 g/mol. The van der Waals surface area contributed by atoms with Crippen molar-refractivity contribution in [3.05, 3.63) is 0 Å². The van der Waals surface area contributed by atoms with E-state index in [9.17, 15) is 0 Å². The summed E-state index contributed by atoms with van der Waals surface area (Å²) in [5, 5.41) is 0. The Bertz CT molecular complexity index is 136. The molecule has 0 bridgehead atoms. The zero-order valence-corrected chi connectivity index (χ0v) is 17.6. The Morgan fingerprint density at radius 2 is 1.00 bits per heavy atom. The number of rotatable bonds is 8. The maximum absolute atomic E-state index is 2.43. The zero-order valence-electron chi connectivity index (χ0n) is 12.4. The lowest BCUT2D eigenvalue weighted by molar-refractivity contribution is 1.02. The first kappa shape index (κ1) is 23.9. The molecule has 0 aromatic rings. The van der Waals surface area contributed by atoms with Gasteiger partial charge in [0.2, 0.25) is 0 Å². The predicted molar refractivity (Wildman–Crippen MR) is 99.9 cm³/mol. The van der Waals surface area contributed by atoms with E-state index in [1.807, 2.05) is 0 Å². The summed E-state index contributed by atoms with van der Waals surface area (Å²) in [5.74, 6) is 1.58. The van der Waals surface area contributed by atoms with Crippen LogP contribution >= 0.6 is 49.8 Å². The SMILES string of the molecule is Br.Br.CCCP(CP(CCC)C(C)C)C(C)C. The number of halogens is 2. The van der Waals surface area contributed by atoms with Crippen molar-refractivity contribution in [3.63, 3.8) is 0 Å². The van der Waals surface area contributed by atoms with Crippen LogP contribution in [-0.2, 0) is 0 Å². The second-order valence-electron chi connectivity index (χ2n) is 4.95. The molecule has 2 unspecified atom stereocenters. The van der Waals surface area contributed by atoms with E-state index < -0.39 is 0 Å². The van der Waals surface area contributed by atoms with Crippen LogP contribution in [0.3, 0.4) is 0 Å². The van der Waals surface area contributed by atoms with Crippen LogP contribution in [-0.4, -0.2) is 29.5 Å². The van der Waals surface area contributed by atoms with E-state index in [4.69, 9.17) is 0 Å². The Hall–Kier alpha value is 1.82. The quantitative estimate of drug-likeness (QED) is 0.391. The van der Waals surface area contributed by atoms with Crippen LogP contribution < -0.4 is 0 Å². The van der Waals surface area contributed by atoms with Crippen molar-refractivity contribution in [3.8, 4) is 0 Å². The molecule has 0 saturated carbocycles. The lowest BCUT2D eigenvalue weighted by Gasteiger charge is -2.29. The van der Waals surface area contributed by atoms with Crippen LogP contribution in [0, 0.1) is 0 Å². The molecule has 0 aromatic heterocycles. The summed E-state index contributed by atoms with van der Waals surface area (Å²) in [4.78, 5) is 0. The van der Waals surface area contributed by atoms with Crippen LogP contribution in [0.2, 0.25) is 0 Å². The minimum atomic E-state index is 0. The molecule has 0 radical (unpaired) electrons. The van der Waals surface area contributed by atoms with E-state index in [0.29, 0.717) is 15.8 Å². The third-order valence-electron chi connectivity index (χ3n) is 2.85. The Balaban J connectivity index is -0.000000980. The molecule has 0 aliphatic rings. The Labute approximate surface area is 133 Å². The normalized spacial score (nSPS) is 14.1. The summed E-state index contributed by atoms with van der Waals surface area (Å²) in [6, 6.07) is 0. The molecule has 0 amide bonds. The molecule has 17 heavy (non-hydrogen) atoms. The van der Waals surface area contributed by atoms with Gasteiger partial charge in [0.05, 0.1) is 0 Å². The van der Waals surface area contributed by atoms with Crippen LogP contribution in [0.4, 0.5) is 0 Å². The van der Waals surface area contributed by atoms with Crippen LogP contribution in [0.5, 0.6) is 0 Å². The van der Waals surface area contributed by atoms with Gasteiger partial charge in [-0.25, -0.2) is 0 Å². The van der Waals surface area contributed by atoms with Gasteiger partial charge in [0, 0.05) is 0 Å². The highest BCUT2D eigenvalue weighted by Crippen LogP contribution is 2.56. The summed E-state index contributed by atoms with van der Waals surface area (Å²) >= 11 is 0. The highest BCUT2D eigenvalue weighted by Gasteiger charge is 2.19. The molecule has 4 heteroatoms. The van der Waals surface area contributed by atoms with Gasteiger partial charge in [0.15, 0.2) is 0 Å². The molecule has 0 N–H and O–H groups in total. The summed E-state index contributed by atoms with van der Waals surface area (Å²) in [6.07, 6.45) is 5.78. The summed E-state index contributed by atoms with van der Waals surface area (Å²) in [7, 11) is 0.651. The van der Waals surface area contributed by atoms with E-state index in [0.717, 1.165) is 11.3 Å². The molecule has 0 spiro atoms. The summed E-state index contributed by atoms with van der Waals surface area (Å²) < 4.78 is 0. The lowest BCUT2D eigenvalue weighted by Crippen LogP contribution is -2.06. The molecule has 0 fully saturated rings. The minimum Gasteiger partial charge on any atom is -0.114 e. The minimum absolute atomic E-state index is 0. The average Bonchev–Trinajstić information content (AvgIpc) is 2.15. The molecule has 2 atom stereocenters. The van der Waals surface area contributed by atoms with Gasteiger partial charge in [-0.2, -0.15) is 0 Å². The van der Waals surface area contributed by atoms with E-state index in [1.54, 1.807) is 5.90 Å². The molecule has 0 nitrogen and oxygen atoms in total. The highest BCUT2D eigenvalue weighted by atomic mass is 79.9. The lowest BCUT2D eigenvalue weighted by atomic mass is 10.6. The first-order valence-electron chi connectivity index (χ1n) is 6.50. The number of hydrogen-bond donors (Lipinski definition) is 0. The van der Waals surface area contributed by atoms with Crippen LogP contribution in [0.1, 0.15) is 54.4 Å². The summed E-state index contributed by atoms with van der Waals surface area (Å²) in [5.41, 5.74) is 1.89. The fraction of sp³-hybridized carbons (Fsp3) is 1.00. The van der Waals surface area contributed by atoms with Gasteiger partial charge in [0.1, 0.15) is 0 Å². The second-order valence-corrected chi connectivity index (χ2v) is 11.4. The topological polar surface area (TPSA) is 0 Å². The van der Waals surface area contributed by atoms with Gasteiger partial charge in [-0.3, -0.25) is 0 Å². The van der Waals surface area contributed by atoms with Gasteiger partial charge >= 0.3 is 0 Å². The van der Waals surface area contributed by atoms with Gasteiger partial charge in [-0.1, -0.05) is 70.2 Å². The maximum Gasteiger partial charge on any atom is -0.0116 e. The molecular formula is C13H32Br2P2. The third kappa shape index (κ3) is 11.4. The molecule has 0 rings (SSSR count). The highest BCUT2D eigenvalue weighted by molar-refractivity contribution is 8.93. The maximum atomic E-state index is 2.43. The van der Waals surface area contributed by atoms with E-state index in [2.05, 4.69) is 41.5 Å². The van der Waals surface area contributed by atoms with Crippen molar-refractivity contribution in [1.82, 2.24) is 0 Å². The largest absolute Gasteiger partial charge is 0.114 e. The van der Waals surface area contributed by atoms with Gasteiger partial charge in [0.25, 0.3) is 0 Å². The Morgan fingerprint density at radius 1 is 0.706 bits per heavy atom. The molecule has 0 aromatic carbocycles. The van der Waals surface area contributed by atoms with Crippen molar-refractivity contribution in [2.45, 2.75) is 65.7 Å². The first-order valence-corrected chi connectivity index (χ1v) is 10.1. The molecule has 0 aliphatic carbocycles. The fourth-order valence-corrected chi connectivity index (χ4v) is 9.58. The van der Waals surface area contributed by atoms with Gasteiger partial charge in [-0.05, 0) is 29.5 Å². The molecule has 0 heterocycles. The fourth-order valence-electron chi connectivity index (χ4n) is 1.79. The van der Waals surface area contributed by atoms with Gasteiger partial charge < -0.3 is 0 Å². The molecule has 108 valence electrons. The van der Waals surface area contributed by atoms with Crippen molar-refractivity contribution in [2.75, 3.05) is 18.2 Å². The van der Waals surface area contributed by atoms with E-state index in [-0.39, 0.29) is 34.0 Å². The van der Waals surface area contributed by atoms with Crippen molar-refractivity contribution in [1.29, 1.82) is 0 Å². The van der Waals surface area contributed by atoms with Crippen LogP contribution in [0.15, 0.2) is 0 Å². The standard InChI is InChI=1S/C13H30P2.2BrH/c1-7-9-14(12(3)4)11-15(10-8-2)13(5)6;;/h12-13H,7-11H2,1-6H3;2*1H. The third-order valence-corrected chi connectivity index (χ3v) is 10.7. The Kier molecular flexibility index (Phi) is 20.0. The smallest absolute Gasteiger partial charge is 0.0116 e. The zero-order chi connectivity index (χ0) is 11.8. The molecule has 0 saturated heterocycles. The second kappa shape index (κ2) is 14.2. The Morgan fingerprint density at radius 3 is 1.18 bits per heavy atom. The van der Waals surface area contributed by atoms with Crippen molar-refractivity contribution < 1.29 is 0 Å². The van der Waals surface area contributed by atoms with E-state index >= 15 is 0 Å². The predicted octanol–water partition coefficient (Wildman–Crippen LogP) is 6.70. The average molecular weight is 410 g/mol.